The third-order valence-corrected chi connectivity index (χ3v) is 2.19. The molecule has 16 heavy (non-hydrogen) atoms. The van der Waals surface area contributed by atoms with Gasteiger partial charge in [0.1, 0.15) is 0 Å². The molecule has 1 aromatic rings. The van der Waals surface area contributed by atoms with Crippen molar-refractivity contribution in [2.45, 2.75) is 13.0 Å². The Hall–Kier alpha value is -1.63. The van der Waals surface area contributed by atoms with Gasteiger partial charge in [-0.15, -0.1) is 0 Å². The summed E-state index contributed by atoms with van der Waals surface area (Å²) in [6.45, 7) is 0.268. The molecule has 0 fully saturated rings. The Kier molecular flexibility index (Phi) is 3.83. The standard InChI is InChI=1S/C8H11ClN4O3/c1-11(2)7(14)3-4-12-5-6(9)8(10-12)13(15)16/h5H,3-4H2,1-2H3. The van der Waals surface area contributed by atoms with E-state index in [-0.39, 0.29) is 29.7 Å². The van der Waals surface area contributed by atoms with Crippen molar-refractivity contribution in [2.75, 3.05) is 14.1 Å². The predicted octanol–water partition coefficient (Wildman–Crippen LogP) is 0.923. The highest BCUT2D eigenvalue weighted by molar-refractivity contribution is 6.32. The van der Waals surface area contributed by atoms with E-state index in [0.29, 0.717) is 0 Å². The van der Waals surface area contributed by atoms with Crippen LogP contribution in [0.3, 0.4) is 0 Å². The average Bonchev–Trinajstić information content (AvgIpc) is 2.56. The van der Waals surface area contributed by atoms with Crippen LogP contribution in [-0.4, -0.2) is 39.6 Å². The van der Waals surface area contributed by atoms with Gasteiger partial charge < -0.3 is 15.0 Å². The Labute approximate surface area is 96.7 Å². The van der Waals surface area contributed by atoms with Gasteiger partial charge in [-0.2, -0.15) is 4.68 Å². The molecule has 0 atom stereocenters. The summed E-state index contributed by atoms with van der Waals surface area (Å²) < 4.78 is 1.29. The monoisotopic (exact) mass is 246 g/mol. The summed E-state index contributed by atoms with van der Waals surface area (Å²) in [4.78, 5) is 22.5. The van der Waals surface area contributed by atoms with Gasteiger partial charge in [0.2, 0.25) is 5.91 Å². The van der Waals surface area contributed by atoms with Gasteiger partial charge in [-0.1, -0.05) is 11.6 Å². The molecule has 0 saturated carbocycles. The molecule has 0 aliphatic heterocycles. The Morgan fingerprint density at radius 3 is 2.75 bits per heavy atom. The van der Waals surface area contributed by atoms with Crippen molar-refractivity contribution in [3.05, 3.63) is 21.3 Å². The fourth-order valence-electron chi connectivity index (χ4n) is 1.06. The van der Waals surface area contributed by atoms with E-state index in [1.54, 1.807) is 14.1 Å². The van der Waals surface area contributed by atoms with Crippen LogP contribution in [0.15, 0.2) is 6.20 Å². The van der Waals surface area contributed by atoms with E-state index < -0.39 is 4.92 Å². The summed E-state index contributed by atoms with van der Waals surface area (Å²) in [6.07, 6.45) is 1.56. The summed E-state index contributed by atoms with van der Waals surface area (Å²) in [5, 5.41) is 14.1. The molecule has 1 rings (SSSR count). The molecular formula is C8H11ClN4O3. The molecule has 0 spiro atoms. The van der Waals surface area contributed by atoms with E-state index in [1.165, 1.54) is 15.8 Å². The van der Waals surface area contributed by atoms with Gasteiger partial charge in [0.15, 0.2) is 5.02 Å². The molecule has 88 valence electrons. The van der Waals surface area contributed by atoms with Crippen LogP contribution in [0, 0.1) is 10.1 Å². The molecule has 1 heterocycles. The van der Waals surface area contributed by atoms with E-state index in [1.807, 2.05) is 0 Å². The summed E-state index contributed by atoms with van der Waals surface area (Å²) in [5.41, 5.74) is 0. The summed E-state index contributed by atoms with van der Waals surface area (Å²) >= 11 is 5.60. The van der Waals surface area contributed by atoms with Crippen LogP contribution in [0.4, 0.5) is 5.82 Å². The van der Waals surface area contributed by atoms with Gasteiger partial charge in [0.05, 0.1) is 17.8 Å². The van der Waals surface area contributed by atoms with Crippen molar-refractivity contribution < 1.29 is 9.72 Å². The van der Waals surface area contributed by atoms with Crippen molar-refractivity contribution in [1.82, 2.24) is 14.7 Å². The maximum Gasteiger partial charge on any atom is 0.408 e. The molecule has 0 aliphatic carbocycles. The molecule has 0 aliphatic rings. The second-order valence-corrected chi connectivity index (χ2v) is 3.77. The average molecular weight is 247 g/mol. The van der Waals surface area contributed by atoms with E-state index in [4.69, 9.17) is 11.6 Å². The number of nitro groups is 1. The highest BCUT2D eigenvalue weighted by Crippen LogP contribution is 2.21. The molecule has 1 aromatic heterocycles. The Balaban J connectivity index is 2.65. The normalized spacial score (nSPS) is 10.2. The number of carbonyl (C=O) groups excluding carboxylic acids is 1. The molecule has 0 bridgehead atoms. The maximum atomic E-state index is 11.3. The molecule has 0 saturated heterocycles. The van der Waals surface area contributed by atoms with Crippen molar-refractivity contribution >= 4 is 23.3 Å². The molecule has 1 amide bonds. The lowest BCUT2D eigenvalue weighted by atomic mass is 10.4. The fourth-order valence-corrected chi connectivity index (χ4v) is 1.28. The summed E-state index contributed by atoms with van der Waals surface area (Å²) in [6, 6.07) is 0. The van der Waals surface area contributed by atoms with Crippen molar-refractivity contribution in [3.63, 3.8) is 0 Å². The number of amides is 1. The van der Waals surface area contributed by atoms with E-state index in [9.17, 15) is 14.9 Å². The highest BCUT2D eigenvalue weighted by atomic mass is 35.5. The minimum Gasteiger partial charge on any atom is -0.358 e. The highest BCUT2D eigenvalue weighted by Gasteiger charge is 2.19. The van der Waals surface area contributed by atoms with Crippen LogP contribution >= 0.6 is 11.6 Å². The van der Waals surface area contributed by atoms with Crippen molar-refractivity contribution in [1.29, 1.82) is 0 Å². The number of halogens is 1. The second kappa shape index (κ2) is 4.93. The molecule has 8 heteroatoms. The first-order chi connectivity index (χ1) is 7.41. The number of rotatable bonds is 4. The van der Waals surface area contributed by atoms with Gasteiger partial charge in [-0.05, 0) is 4.92 Å². The Morgan fingerprint density at radius 1 is 1.69 bits per heavy atom. The van der Waals surface area contributed by atoms with Crippen LogP contribution in [0.2, 0.25) is 5.02 Å². The zero-order valence-corrected chi connectivity index (χ0v) is 9.64. The molecule has 0 aromatic carbocycles. The Bertz CT molecular complexity index is 415. The zero-order valence-electron chi connectivity index (χ0n) is 8.88. The largest absolute Gasteiger partial charge is 0.408 e. The minimum atomic E-state index is -0.660. The predicted molar refractivity (Wildman–Crippen MR) is 57.2 cm³/mol. The Morgan fingerprint density at radius 2 is 2.31 bits per heavy atom. The van der Waals surface area contributed by atoms with Crippen molar-refractivity contribution in [3.8, 4) is 0 Å². The summed E-state index contributed by atoms with van der Waals surface area (Å²) in [7, 11) is 3.28. The molecular weight excluding hydrogens is 236 g/mol. The topological polar surface area (TPSA) is 81.3 Å². The van der Waals surface area contributed by atoms with Gasteiger partial charge >= 0.3 is 5.82 Å². The lowest BCUT2D eigenvalue weighted by Gasteiger charge is -2.08. The molecule has 7 nitrogen and oxygen atoms in total. The first-order valence-corrected chi connectivity index (χ1v) is 4.87. The second-order valence-electron chi connectivity index (χ2n) is 3.36. The molecule has 0 radical (unpaired) electrons. The third kappa shape index (κ3) is 2.93. The fraction of sp³-hybridized carbons (Fsp3) is 0.500. The number of aromatic nitrogens is 2. The SMILES string of the molecule is CN(C)C(=O)CCn1cc(Cl)c([N+](=O)[O-])n1. The van der Waals surface area contributed by atoms with Crippen molar-refractivity contribution in [2.24, 2.45) is 0 Å². The first kappa shape index (κ1) is 12.4. The third-order valence-electron chi connectivity index (χ3n) is 1.93. The molecule has 0 unspecified atom stereocenters. The number of hydrogen-bond acceptors (Lipinski definition) is 4. The van der Waals surface area contributed by atoms with Gasteiger partial charge in [-0.3, -0.25) is 4.79 Å². The van der Waals surface area contributed by atoms with Crippen LogP contribution < -0.4 is 0 Å². The van der Waals surface area contributed by atoms with E-state index in [2.05, 4.69) is 5.10 Å². The first-order valence-electron chi connectivity index (χ1n) is 4.49. The quantitative estimate of drug-likeness (QED) is 0.584. The zero-order chi connectivity index (χ0) is 12.3. The smallest absolute Gasteiger partial charge is 0.358 e. The minimum absolute atomic E-state index is 0.0256. The lowest BCUT2D eigenvalue weighted by Crippen LogP contribution is -2.22. The van der Waals surface area contributed by atoms with Crippen LogP contribution in [-0.2, 0) is 11.3 Å². The number of carbonyl (C=O) groups is 1. The van der Waals surface area contributed by atoms with Gasteiger partial charge in [0, 0.05) is 20.5 Å². The van der Waals surface area contributed by atoms with Crippen LogP contribution in [0.5, 0.6) is 0 Å². The summed E-state index contributed by atoms with van der Waals surface area (Å²) in [5.74, 6) is -0.465. The lowest BCUT2D eigenvalue weighted by molar-refractivity contribution is -0.389. The van der Waals surface area contributed by atoms with Gasteiger partial charge in [-0.25, -0.2) is 0 Å². The number of aryl methyl sites for hydroxylation is 1. The van der Waals surface area contributed by atoms with E-state index in [0.717, 1.165) is 0 Å². The maximum absolute atomic E-state index is 11.3. The number of nitrogens with zero attached hydrogens (tertiary/aromatic N) is 4. The van der Waals surface area contributed by atoms with Crippen LogP contribution in [0.25, 0.3) is 0 Å². The van der Waals surface area contributed by atoms with Crippen LogP contribution in [0.1, 0.15) is 6.42 Å². The number of hydrogen-bond donors (Lipinski definition) is 0. The molecule has 0 N–H and O–H groups in total. The van der Waals surface area contributed by atoms with E-state index >= 15 is 0 Å². The van der Waals surface area contributed by atoms with Gasteiger partial charge in [0.25, 0.3) is 0 Å².